The molecule has 0 aliphatic heterocycles. The van der Waals surface area contributed by atoms with Crippen molar-refractivity contribution in [2.45, 2.75) is 20.3 Å². The van der Waals surface area contributed by atoms with Crippen LogP contribution in [0.2, 0.25) is 0 Å². The predicted octanol–water partition coefficient (Wildman–Crippen LogP) is 2.99. The fraction of sp³-hybridized carbons (Fsp3) is 0.500. The van der Waals surface area contributed by atoms with Crippen molar-refractivity contribution < 1.29 is 14.6 Å². The molecule has 0 fully saturated rings. The van der Waals surface area contributed by atoms with Crippen molar-refractivity contribution in [3.8, 4) is 5.75 Å². The van der Waals surface area contributed by atoms with E-state index in [0.29, 0.717) is 31.0 Å². The van der Waals surface area contributed by atoms with E-state index in [9.17, 15) is 4.79 Å². The van der Waals surface area contributed by atoms with Crippen LogP contribution in [0.5, 0.6) is 5.75 Å². The lowest BCUT2D eigenvalue weighted by molar-refractivity contribution is 0.243. The van der Waals surface area contributed by atoms with Crippen LogP contribution in [0, 0.1) is 5.92 Å². The second kappa shape index (κ2) is 8.81. The number of anilines is 1. The maximum absolute atomic E-state index is 11.8. The summed E-state index contributed by atoms with van der Waals surface area (Å²) in [6, 6.07) is 5.17. The first-order chi connectivity index (χ1) is 9.56. The van der Waals surface area contributed by atoms with Gasteiger partial charge in [0.05, 0.1) is 12.3 Å². The van der Waals surface area contributed by atoms with Crippen LogP contribution in [0.1, 0.15) is 20.3 Å². The molecule has 1 aromatic carbocycles. The monoisotopic (exact) mass is 344 g/mol. The van der Waals surface area contributed by atoms with Crippen LogP contribution in [0.4, 0.5) is 10.5 Å². The number of aliphatic hydroxyl groups excluding tert-OH is 1. The van der Waals surface area contributed by atoms with E-state index in [1.807, 2.05) is 19.9 Å². The average molecular weight is 345 g/mol. The van der Waals surface area contributed by atoms with Crippen molar-refractivity contribution >= 4 is 27.6 Å². The van der Waals surface area contributed by atoms with Gasteiger partial charge in [-0.3, -0.25) is 0 Å². The smallest absolute Gasteiger partial charge is 0.319 e. The molecule has 3 N–H and O–H groups in total. The van der Waals surface area contributed by atoms with Crippen LogP contribution < -0.4 is 15.4 Å². The lowest BCUT2D eigenvalue weighted by Crippen LogP contribution is -2.32. The van der Waals surface area contributed by atoms with Crippen molar-refractivity contribution in [2.24, 2.45) is 5.92 Å². The Morgan fingerprint density at radius 3 is 2.90 bits per heavy atom. The molecule has 1 aromatic rings. The van der Waals surface area contributed by atoms with E-state index in [2.05, 4.69) is 26.6 Å². The highest BCUT2D eigenvalue weighted by atomic mass is 79.9. The van der Waals surface area contributed by atoms with Crippen LogP contribution in [0.15, 0.2) is 22.7 Å². The van der Waals surface area contributed by atoms with Gasteiger partial charge in [0.15, 0.2) is 0 Å². The second-order valence-corrected chi connectivity index (χ2v) is 5.44. The highest BCUT2D eigenvalue weighted by Gasteiger charge is 2.09. The number of carbonyl (C=O) groups excluding carboxylic acids is 1. The largest absolute Gasteiger partial charge is 0.492 e. The van der Waals surface area contributed by atoms with E-state index in [0.717, 1.165) is 4.47 Å². The zero-order chi connectivity index (χ0) is 15.0. The molecule has 1 atom stereocenters. The molecule has 0 aliphatic rings. The molecule has 112 valence electrons. The van der Waals surface area contributed by atoms with Crippen LogP contribution in [-0.2, 0) is 0 Å². The number of hydrogen-bond donors (Lipinski definition) is 3. The van der Waals surface area contributed by atoms with E-state index < -0.39 is 0 Å². The topological polar surface area (TPSA) is 70.6 Å². The van der Waals surface area contributed by atoms with E-state index >= 15 is 0 Å². The third-order valence-corrected chi connectivity index (χ3v) is 3.22. The molecule has 0 spiro atoms. The Labute approximate surface area is 127 Å². The van der Waals surface area contributed by atoms with Gasteiger partial charge in [-0.25, -0.2) is 4.79 Å². The van der Waals surface area contributed by atoms with Crippen molar-refractivity contribution in [3.05, 3.63) is 22.7 Å². The number of nitrogens with one attached hydrogen (secondary N) is 2. The normalized spacial score (nSPS) is 11.8. The first-order valence-electron chi connectivity index (χ1n) is 6.64. The van der Waals surface area contributed by atoms with Crippen molar-refractivity contribution in [1.82, 2.24) is 5.32 Å². The highest BCUT2D eigenvalue weighted by Crippen LogP contribution is 2.28. The van der Waals surface area contributed by atoms with Gasteiger partial charge < -0.3 is 20.5 Å². The molecule has 5 nitrogen and oxygen atoms in total. The Balaban J connectivity index is 2.58. The Bertz CT molecular complexity index is 440. The van der Waals surface area contributed by atoms with Crippen molar-refractivity contribution in [2.75, 3.05) is 25.1 Å². The Hall–Kier alpha value is -1.27. The van der Waals surface area contributed by atoms with Gasteiger partial charge in [0, 0.05) is 17.6 Å². The van der Waals surface area contributed by atoms with Gasteiger partial charge in [-0.1, -0.05) is 22.9 Å². The van der Waals surface area contributed by atoms with Crippen molar-refractivity contribution in [1.29, 1.82) is 0 Å². The molecule has 0 aliphatic carbocycles. The first kappa shape index (κ1) is 16.8. The number of hydrogen-bond acceptors (Lipinski definition) is 3. The molecular formula is C14H21BrN2O3. The maximum atomic E-state index is 11.8. The third-order valence-electron chi connectivity index (χ3n) is 2.72. The summed E-state index contributed by atoms with van der Waals surface area (Å²) in [7, 11) is 0. The average Bonchev–Trinajstić information content (AvgIpc) is 2.40. The Morgan fingerprint density at radius 1 is 1.50 bits per heavy atom. The number of aliphatic hydroxyl groups is 1. The second-order valence-electron chi connectivity index (χ2n) is 4.53. The van der Waals surface area contributed by atoms with Gasteiger partial charge in [-0.2, -0.15) is 0 Å². The number of urea groups is 1. The summed E-state index contributed by atoms with van der Waals surface area (Å²) < 4.78 is 6.33. The quantitative estimate of drug-likeness (QED) is 0.712. The standard InChI is InChI=1S/C14H21BrN2O3/c1-3-20-13-5-4-11(15)8-12(13)17-14(19)16-9-10(2)6-7-18/h4-5,8,10,18H,3,6-7,9H2,1-2H3,(H2,16,17,19)/t10-/m1/s1. The lowest BCUT2D eigenvalue weighted by atomic mass is 10.1. The zero-order valence-electron chi connectivity index (χ0n) is 11.8. The minimum Gasteiger partial charge on any atom is -0.492 e. The van der Waals surface area contributed by atoms with Gasteiger partial charge in [-0.15, -0.1) is 0 Å². The van der Waals surface area contributed by atoms with Gasteiger partial charge in [0.1, 0.15) is 5.75 Å². The third kappa shape index (κ3) is 5.79. The molecule has 0 saturated carbocycles. The molecule has 0 bridgehead atoms. The lowest BCUT2D eigenvalue weighted by Gasteiger charge is -2.14. The van der Waals surface area contributed by atoms with Gasteiger partial charge in [-0.05, 0) is 37.5 Å². The fourth-order valence-corrected chi connectivity index (χ4v) is 2.00. The Morgan fingerprint density at radius 2 is 2.25 bits per heavy atom. The zero-order valence-corrected chi connectivity index (χ0v) is 13.4. The van der Waals surface area contributed by atoms with Crippen LogP contribution in [-0.4, -0.2) is 30.9 Å². The van der Waals surface area contributed by atoms with Crippen molar-refractivity contribution in [3.63, 3.8) is 0 Å². The summed E-state index contributed by atoms with van der Waals surface area (Å²) in [4.78, 5) is 11.8. The minimum absolute atomic E-state index is 0.130. The number of benzene rings is 1. The molecule has 0 heterocycles. The van der Waals surface area contributed by atoms with Crippen LogP contribution >= 0.6 is 15.9 Å². The fourth-order valence-electron chi connectivity index (χ4n) is 1.64. The van der Waals surface area contributed by atoms with Gasteiger partial charge in [0.2, 0.25) is 0 Å². The van der Waals surface area contributed by atoms with E-state index in [1.54, 1.807) is 12.1 Å². The molecule has 2 amide bonds. The number of rotatable bonds is 7. The molecule has 20 heavy (non-hydrogen) atoms. The molecule has 6 heteroatoms. The summed E-state index contributed by atoms with van der Waals surface area (Å²) in [5.74, 6) is 0.869. The van der Waals surface area contributed by atoms with Crippen LogP contribution in [0.3, 0.4) is 0 Å². The van der Waals surface area contributed by atoms with E-state index in [4.69, 9.17) is 9.84 Å². The van der Waals surface area contributed by atoms with E-state index in [-0.39, 0.29) is 18.6 Å². The first-order valence-corrected chi connectivity index (χ1v) is 7.44. The maximum Gasteiger partial charge on any atom is 0.319 e. The number of carbonyl (C=O) groups is 1. The molecule has 0 radical (unpaired) electrons. The molecule has 0 saturated heterocycles. The molecule has 1 rings (SSSR count). The highest BCUT2D eigenvalue weighted by molar-refractivity contribution is 9.10. The minimum atomic E-state index is -0.283. The summed E-state index contributed by atoms with van der Waals surface area (Å²) in [6.45, 7) is 5.05. The summed E-state index contributed by atoms with van der Waals surface area (Å²) in [5.41, 5.74) is 0.619. The summed E-state index contributed by atoms with van der Waals surface area (Å²) in [5, 5.41) is 14.4. The SMILES string of the molecule is CCOc1ccc(Br)cc1NC(=O)NC[C@H](C)CCO. The summed E-state index contributed by atoms with van der Waals surface area (Å²) in [6.07, 6.45) is 0.668. The van der Waals surface area contributed by atoms with E-state index in [1.165, 1.54) is 0 Å². The Kier molecular flexibility index (Phi) is 7.40. The predicted molar refractivity (Wildman–Crippen MR) is 83.2 cm³/mol. The number of halogens is 1. The number of amides is 2. The van der Waals surface area contributed by atoms with Crippen LogP contribution in [0.25, 0.3) is 0 Å². The number of ether oxygens (including phenoxy) is 1. The summed E-state index contributed by atoms with van der Waals surface area (Å²) >= 11 is 3.37. The van der Waals surface area contributed by atoms with Gasteiger partial charge in [0.25, 0.3) is 0 Å². The molecular weight excluding hydrogens is 324 g/mol. The molecule has 0 aromatic heterocycles. The van der Waals surface area contributed by atoms with Gasteiger partial charge >= 0.3 is 6.03 Å². The molecule has 0 unspecified atom stereocenters.